The second kappa shape index (κ2) is 2.74. The van der Waals surface area contributed by atoms with Gasteiger partial charge in [0.15, 0.2) is 11.5 Å². The summed E-state index contributed by atoms with van der Waals surface area (Å²) in [6.45, 7) is 0. The molecule has 0 spiro atoms. The first-order valence-corrected chi connectivity index (χ1v) is 2.90. The van der Waals surface area contributed by atoms with Crippen molar-refractivity contribution in [1.82, 2.24) is 4.98 Å². The van der Waals surface area contributed by atoms with E-state index in [0.717, 1.165) is 0 Å². The maximum atomic E-state index is 12.6. The topological polar surface area (TPSA) is 73.6 Å². The van der Waals surface area contributed by atoms with Gasteiger partial charge in [0.2, 0.25) is 0 Å². The van der Waals surface area contributed by atoms with E-state index in [-0.39, 0.29) is 0 Å². The van der Waals surface area contributed by atoms with Gasteiger partial charge in [0.05, 0.1) is 6.20 Å². The zero-order valence-electron chi connectivity index (χ0n) is 5.70. The highest BCUT2D eigenvalue weighted by Crippen LogP contribution is 2.15. The fraction of sp³-hybridized carbons (Fsp3) is 0.167. The van der Waals surface area contributed by atoms with Crippen molar-refractivity contribution >= 4 is 0 Å². The molecule has 0 aliphatic heterocycles. The maximum absolute atomic E-state index is 12.6. The Morgan fingerprint density at radius 1 is 1.25 bits per heavy atom. The molecule has 1 rings (SSSR count). The van der Waals surface area contributed by atoms with E-state index in [1.54, 1.807) is 0 Å². The summed E-state index contributed by atoms with van der Waals surface area (Å²) in [6.07, 6.45) is 0.551. The van der Waals surface area contributed by atoms with E-state index in [2.05, 4.69) is 4.98 Å². The first-order valence-electron chi connectivity index (χ1n) is 2.90. The van der Waals surface area contributed by atoms with Crippen molar-refractivity contribution in [1.29, 1.82) is 0 Å². The minimum Gasteiger partial charge on any atom is -0.338 e. The summed E-state index contributed by atoms with van der Waals surface area (Å²) in [7, 11) is 0. The first kappa shape index (κ1) is 8.98. The molecule has 0 aliphatic rings. The van der Waals surface area contributed by atoms with E-state index >= 15 is 0 Å². The molecule has 0 fully saturated rings. The molecule has 0 radical (unpaired) electrons. The van der Waals surface area contributed by atoms with Gasteiger partial charge in [0.1, 0.15) is 5.82 Å². The standard InChI is InChI=1S/C6H5F2NO3/c7-3-1-4(8)5(9-2-3)6(10,11)12/h1-2,10-12H. The third-order valence-electron chi connectivity index (χ3n) is 1.13. The van der Waals surface area contributed by atoms with E-state index < -0.39 is 23.3 Å². The quantitative estimate of drug-likeness (QED) is 0.503. The fourth-order valence-corrected chi connectivity index (χ4v) is 0.661. The van der Waals surface area contributed by atoms with Crippen LogP contribution in [-0.4, -0.2) is 20.3 Å². The van der Waals surface area contributed by atoms with Crippen LogP contribution in [0.5, 0.6) is 0 Å². The smallest absolute Gasteiger partial charge is 0.325 e. The third kappa shape index (κ3) is 1.73. The average molecular weight is 177 g/mol. The van der Waals surface area contributed by atoms with E-state index in [1.165, 1.54) is 0 Å². The van der Waals surface area contributed by atoms with Gasteiger partial charge in [-0.1, -0.05) is 0 Å². The average Bonchev–Trinajstić information content (AvgIpc) is 1.83. The fourth-order valence-electron chi connectivity index (χ4n) is 0.661. The third-order valence-corrected chi connectivity index (χ3v) is 1.13. The Labute approximate surface area is 65.7 Å². The van der Waals surface area contributed by atoms with Gasteiger partial charge in [-0.15, -0.1) is 0 Å². The Hall–Kier alpha value is -1.11. The number of nitrogens with zero attached hydrogens (tertiary/aromatic N) is 1. The predicted octanol–water partition coefficient (Wildman–Crippen LogP) is -0.553. The molecule has 0 amide bonds. The van der Waals surface area contributed by atoms with Crippen LogP contribution < -0.4 is 0 Å². The molecule has 0 unspecified atom stereocenters. The Kier molecular flexibility index (Phi) is 2.05. The minimum atomic E-state index is -3.38. The molecule has 4 nitrogen and oxygen atoms in total. The number of hydrogen-bond donors (Lipinski definition) is 3. The molecule has 1 aromatic rings. The summed E-state index contributed by atoms with van der Waals surface area (Å²) in [5.74, 6) is -5.68. The molecule has 0 bridgehead atoms. The maximum Gasteiger partial charge on any atom is 0.325 e. The SMILES string of the molecule is OC(O)(O)c1ncc(F)cc1F. The van der Waals surface area contributed by atoms with Gasteiger partial charge in [-0.05, 0) is 0 Å². The van der Waals surface area contributed by atoms with Gasteiger partial charge >= 0.3 is 5.97 Å². The molecule has 0 aromatic carbocycles. The first-order chi connectivity index (χ1) is 5.41. The second-order valence-electron chi connectivity index (χ2n) is 2.12. The number of rotatable bonds is 1. The van der Waals surface area contributed by atoms with Crippen LogP contribution in [0.3, 0.4) is 0 Å². The van der Waals surface area contributed by atoms with Crippen LogP contribution in [0.15, 0.2) is 12.3 Å². The van der Waals surface area contributed by atoms with Crippen LogP contribution in [0, 0.1) is 11.6 Å². The molecule has 6 heteroatoms. The van der Waals surface area contributed by atoms with Gasteiger partial charge in [-0.25, -0.2) is 13.8 Å². The number of halogens is 2. The number of aliphatic hydroxyl groups is 3. The van der Waals surface area contributed by atoms with Crippen LogP contribution in [0.1, 0.15) is 5.69 Å². The van der Waals surface area contributed by atoms with Gasteiger partial charge in [0.25, 0.3) is 0 Å². The van der Waals surface area contributed by atoms with Crippen molar-refractivity contribution in [2.24, 2.45) is 0 Å². The molecule has 0 saturated heterocycles. The highest BCUT2D eigenvalue weighted by atomic mass is 19.1. The Morgan fingerprint density at radius 2 is 1.83 bits per heavy atom. The largest absolute Gasteiger partial charge is 0.338 e. The van der Waals surface area contributed by atoms with Gasteiger partial charge in [0, 0.05) is 6.07 Å². The minimum absolute atomic E-state index is 0.375. The van der Waals surface area contributed by atoms with E-state index in [1.807, 2.05) is 0 Å². The van der Waals surface area contributed by atoms with Crippen LogP contribution in [-0.2, 0) is 5.97 Å². The molecule has 0 aliphatic carbocycles. The highest BCUT2D eigenvalue weighted by Gasteiger charge is 2.28. The van der Waals surface area contributed by atoms with E-state index in [0.29, 0.717) is 12.3 Å². The van der Waals surface area contributed by atoms with Crippen molar-refractivity contribution < 1.29 is 24.1 Å². The Morgan fingerprint density at radius 3 is 2.25 bits per heavy atom. The van der Waals surface area contributed by atoms with Crippen molar-refractivity contribution in [3.8, 4) is 0 Å². The van der Waals surface area contributed by atoms with Crippen molar-refractivity contribution in [3.63, 3.8) is 0 Å². The van der Waals surface area contributed by atoms with E-state index in [4.69, 9.17) is 15.3 Å². The lowest BCUT2D eigenvalue weighted by atomic mass is 10.3. The lowest BCUT2D eigenvalue weighted by molar-refractivity contribution is -0.327. The summed E-state index contributed by atoms with van der Waals surface area (Å²) in [6, 6.07) is 0.375. The van der Waals surface area contributed by atoms with E-state index in [9.17, 15) is 8.78 Å². The Balaban J connectivity index is 3.19. The molecular formula is C6H5F2NO3. The van der Waals surface area contributed by atoms with Gasteiger partial charge in [-0.3, -0.25) is 0 Å². The monoisotopic (exact) mass is 177 g/mol. The molecule has 1 heterocycles. The van der Waals surface area contributed by atoms with Crippen molar-refractivity contribution in [2.75, 3.05) is 0 Å². The van der Waals surface area contributed by atoms with Gasteiger partial charge < -0.3 is 15.3 Å². The molecule has 0 atom stereocenters. The normalized spacial score (nSPS) is 11.8. The molecule has 66 valence electrons. The lowest BCUT2D eigenvalue weighted by Gasteiger charge is -2.12. The summed E-state index contributed by atoms with van der Waals surface area (Å²) in [5, 5.41) is 25.3. The second-order valence-corrected chi connectivity index (χ2v) is 2.12. The summed E-state index contributed by atoms with van der Waals surface area (Å²) < 4.78 is 24.8. The number of pyridine rings is 1. The van der Waals surface area contributed by atoms with Crippen molar-refractivity contribution in [2.45, 2.75) is 5.97 Å². The van der Waals surface area contributed by atoms with Crippen LogP contribution in [0.2, 0.25) is 0 Å². The summed E-state index contributed by atoms with van der Waals surface area (Å²) in [5.41, 5.74) is -1.04. The predicted molar refractivity (Wildman–Crippen MR) is 32.5 cm³/mol. The molecule has 1 aromatic heterocycles. The number of hydrogen-bond acceptors (Lipinski definition) is 4. The summed E-state index contributed by atoms with van der Waals surface area (Å²) >= 11 is 0. The summed E-state index contributed by atoms with van der Waals surface area (Å²) in [4.78, 5) is 2.95. The highest BCUT2D eigenvalue weighted by molar-refractivity contribution is 5.10. The van der Waals surface area contributed by atoms with Crippen LogP contribution in [0.4, 0.5) is 8.78 Å². The molecular weight excluding hydrogens is 172 g/mol. The zero-order chi connectivity index (χ0) is 9.35. The van der Waals surface area contributed by atoms with Gasteiger partial charge in [-0.2, -0.15) is 0 Å². The molecule has 0 saturated carbocycles. The van der Waals surface area contributed by atoms with Crippen LogP contribution in [0.25, 0.3) is 0 Å². The lowest BCUT2D eigenvalue weighted by Crippen LogP contribution is -2.27. The Bertz CT molecular complexity index is 297. The van der Waals surface area contributed by atoms with Crippen molar-refractivity contribution in [3.05, 3.63) is 29.6 Å². The number of aromatic nitrogens is 1. The van der Waals surface area contributed by atoms with Crippen LogP contribution >= 0.6 is 0 Å². The zero-order valence-corrected chi connectivity index (χ0v) is 5.70. The molecule has 3 N–H and O–H groups in total. The molecule has 12 heavy (non-hydrogen) atoms.